The van der Waals surface area contributed by atoms with Crippen LogP contribution < -0.4 is 5.32 Å². The van der Waals surface area contributed by atoms with Gasteiger partial charge in [-0.05, 0) is 58.5 Å². The lowest BCUT2D eigenvalue weighted by Crippen LogP contribution is -2.43. The summed E-state index contributed by atoms with van der Waals surface area (Å²) in [5, 5.41) is 3.54. The van der Waals surface area contributed by atoms with Crippen molar-refractivity contribution < 1.29 is 0 Å². The predicted molar refractivity (Wildman–Crippen MR) is 86.8 cm³/mol. The minimum absolute atomic E-state index is 0.416. The van der Waals surface area contributed by atoms with Crippen molar-refractivity contribution in [1.29, 1.82) is 0 Å². The van der Waals surface area contributed by atoms with Crippen LogP contribution in [0.1, 0.15) is 47.0 Å². The van der Waals surface area contributed by atoms with E-state index in [4.69, 9.17) is 0 Å². The molecule has 0 spiro atoms. The maximum absolute atomic E-state index is 3.54. The van der Waals surface area contributed by atoms with E-state index >= 15 is 0 Å². The molecule has 0 bridgehead atoms. The Labute approximate surface area is 121 Å². The van der Waals surface area contributed by atoms with Crippen molar-refractivity contribution in [2.45, 2.75) is 47.0 Å². The van der Waals surface area contributed by atoms with E-state index in [0.29, 0.717) is 5.41 Å². The van der Waals surface area contributed by atoms with E-state index < -0.39 is 0 Å². The number of hydrogen-bond donors (Lipinski definition) is 1. The van der Waals surface area contributed by atoms with Crippen LogP contribution in [0.5, 0.6) is 0 Å². The van der Waals surface area contributed by atoms with Crippen LogP contribution >= 0.6 is 0 Å². The van der Waals surface area contributed by atoms with Gasteiger partial charge in [0.1, 0.15) is 0 Å². The molecule has 0 aromatic heterocycles. The summed E-state index contributed by atoms with van der Waals surface area (Å²) in [6.07, 6.45) is 3.85. The van der Waals surface area contributed by atoms with Crippen molar-refractivity contribution in [1.82, 2.24) is 15.1 Å². The molecule has 0 rings (SSSR count). The highest BCUT2D eigenvalue weighted by Crippen LogP contribution is 2.24. The van der Waals surface area contributed by atoms with Crippen LogP contribution in [0.15, 0.2) is 0 Å². The van der Waals surface area contributed by atoms with Gasteiger partial charge in [-0.25, -0.2) is 0 Å². The maximum atomic E-state index is 3.54. The van der Waals surface area contributed by atoms with Crippen LogP contribution in [0.3, 0.4) is 0 Å². The van der Waals surface area contributed by atoms with Gasteiger partial charge in [0.25, 0.3) is 0 Å². The summed E-state index contributed by atoms with van der Waals surface area (Å²) in [6, 6.07) is 0. The van der Waals surface area contributed by atoms with E-state index in [1.807, 2.05) is 0 Å². The molecule has 116 valence electrons. The molecule has 3 heteroatoms. The van der Waals surface area contributed by atoms with E-state index in [-0.39, 0.29) is 0 Å². The van der Waals surface area contributed by atoms with Gasteiger partial charge in [-0.3, -0.25) is 0 Å². The van der Waals surface area contributed by atoms with Crippen molar-refractivity contribution >= 4 is 0 Å². The van der Waals surface area contributed by atoms with Crippen molar-refractivity contribution in [2.24, 2.45) is 5.41 Å². The van der Waals surface area contributed by atoms with Gasteiger partial charge < -0.3 is 15.1 Å². The van der Waals surface area contributed by atoms with E-state index in [1.54, 1.807) is 0 Å². The molecule has 1 unspecified atom stereocenters. The molecule has 0 saturated carbocycles. The molecule has 0 heterocycles. The summed E-state index contributed by atoms with van der Waals surface area (Å²) >= 11 is 0. The first-order chi connectivity index (χ1) is 8.97. The van der Waals surface area contributed by atoms with E-state index in [1.165, 1.54) is 45.4 Å². The lowest BCUT2D eigenvalue weighted by Gasteiger charge is -2.35. The molecule has 3 nitrogen and oxygen atoms in total. The largest absolute Gasteiger partial charge is 0.316 e. The lowest BCUT2D eigenvalue weighted by atomic mass is 9.84. The first kappa shape index (κ1) is 18.9. The van der Waals surface area contributed by atoms with Crippen LogP contribution in [-0.2, 0) is 0 Å². The molecular weight excluding hydrogens is 234 g/mol. The summed E-state index contributed by atoms with van der Waals surface area (Å²) in [4.78, 5) is 4.90. The van der Waals surface area contributed by atoms with E-state index in [0.717, 1.165) is 13.1 Å². The second-order valence-corrected chi connectivity index (χ2v) is 6.37. The summed E-state index contributed by atoms with van der Waals surface area (Å²) < 4.78 is 0. The summed E-state index contributed by atoms with van der Waals surface area (Å²) in [7, 11) is 4.31. The van der Waals surface area contributed by atoms with Crippen LogP contribution in [0, 0.1) is 5.41 Å². The highest BCUT2D eigenvalue weighted by molar-refractivity contribution is 4.80. The van der Waals surface area contributed by atoms with Crippen molar-refractivity contribution in [3.63, 3.8) is 0 Å². The number of rotatable bonds is 12. The zero-order valence-corrected chi connectivity index (χ0v) is 14.3. The van der Waals surface area contributed by atoms with Gasteiger partial charge in [0.15, 0.2) is 0 Å². The number of nitrogens with zero attached hydrogens (tertiary/aromatic N) is 2. The molecule has 0 aliphatic carbocycles. The minimum atomic E-state index is 0.416. The number of hydrogen-bond acceptors (Lipinski definition) is 3. The fraction of sp³-hybridized carbons (Fsp3) is 1.00. The van der Waals surface area contributed by atoms with Crippen molar-refractivity contribution in [3.8, 4) is 0 Å². The highest BCUT2D eigenvalue weighted by Gasteiger charge is 2.25. The maximum Gasteiger partial charge on any atom is 0.00474 e. The average Bonchev–Trinajstić information content (AvgIpc) is 2.35. The Balaban J connectivity index is 4.25. The lowest BCUT2D eigenvalue weighted by molar-refractivity contribution is 0.150. The molecule has 0 radical (unpaired) electrons. The molecule has 0 amide bonds. The third kappa shape index (κ3) is 9.42. The van der Waals surface area contributed by atoms with Crippen molar-refractivity contribution in [3.05, 3.63) is 0 Å². The van der Waals surface area contributed by atoms with E-state index in [2.05, 4.69) is 56.9 Å². The summed E-state index contributed by atoms with van der Waals surface area (Å²) in [5.41, 5.74) is 0.416. The third-order valence-corrected chi connectivity index (χ3v) is 3.79. The first-order valence-corrected chi connectivity index (χ1v) is 8.05. The second kappa shape index (κ2) is 10.6. The van der Waals surface area contributed by atoms with Gasteiger partial charge in [-0.2, -0.15) is 0 Å². The van der Waals surface area contributed by atoms with Crippen LogP contribution in [0.25, 0.3) is 0 Å². The summed E-state index contributed by atoms with van der Waals surface area (Å²) in [6.45, 7) is 16.2. The third-order valence-electron chi connectivity index (χ3n) is 3.79. The average molecular weight is 271 g/mol. The molecular formula is C16H37N3. The monoisotopic (exact) mass is 271 g/mol. The van der Waals surface area contributed by atoms with Crippen LogP contribution in [0.2, 0.25) is 0 Å². The predicted octanol–water partition coefficient (Wildman–Crippen LogP) is 2.68. The molecule has 0 saturated heterocycles. The Morgan fingerprint density at radius 3 is 2.21 bits per heavy atom. The van der Waals surface area contributed by atoms with Gasteiger partial charge >= 0.3 is 0 Å². The standard InChI is InChI=1S/C16H37N3/c1-7-11-16(4,14-17-8-2)15-19(9-3)13-10-12-18(5)6/h17H,7-15H2,1-6H3. The van der Waals surface area contributed by atoms with E-state index in [9.17, 15) is 0 Å². The molecule has 1 atom stereocenters. The number of nitrogens with one attached hydrogen (secondary N) is 1. The molecule has 0 aromatic rings. The fourth-order valence-electron chi connectivity index (χ4n) is 2.75. The van der Waals surface area contributed by atoms with Crippen molar-refractivity contribution in [2.75, 3.05) is 53.4 Å². The Morgan fingerprint density at radius 1 is 1.05 bits per heavy atom. The minimum Gasteiger partial charge on any atom is -0.316 e. The highest BCUT2D eigenvalue weighted by atomic mass is 15.1. The second-order valence-electron chi connectivity index (χ2n) is 6.37. The molecule has 0 fully saturated rings. The first-order valence-electron chi connectivity index (χ1n) is 8.05. The Morgan fingerprint density at radius 2 is 1.74 bits per heavy atom. The van der Waals surface area contributed by atoms with Crippen LogP contribution in [-0.4, -0.2) is 63.2 Å². The van der Waals surface area contributed by atoms with Crippen LogP contribution in [0.4, 0.5) is 0 Å². The normalized spacial score (nSPS) is 15.2. The SMILES string of the molecule is CCCC(C)(CNCC)CN(CC)CCCN(C)C. The smallest absolute Gasteiger partial charge is 0.00474 e. The zero-order chi connectivity index (χ0) is 14.7. The Bertz CT molecular complexity index is 206. The topological polar surface area (TPSA) is 18.5 Å². The molecule has 0 aliphatic heterocycles. The zero-order valence-electron chi connectivity index (χ0n) is 14.3. The quantitative estimate of drug-likeness (QED) is 0.589. The molecule has 1 N–H and O–H groups in total. The van der Waals surface area contributed by atoms with Gasteiger partial charge in [0.2, 0.25) is 0 Å². The molecule has 0 aliphatic rings. The molecule has 19 heavy (non-hydrogen) atoms. The summed E-state index contributed by atoms with van der Waals surface area (Å²) in [5.74, 6) is 0. The van der Waals surface area contributed by atoms with Gasteiger partial charge in [-0.1, -0.05) is 34.1 Å². The van der Waals surface area contributed by atoms with Gasteiger partial charge in [0.05, 0.1) is 0 Å². The van der Waals surface area contributed by atoms with Gasteiger partial charge in [0, 0.05) is 13.1 Å². The Hall–Kier alpha value is -0.120. The van der Waals surface area contributed by atoms with Gasteiger partial charge in [-0.15, -0.1) is 0 Å². The fourth-order valence-corrected chi connectivity index (χ4v) is 2.75. The Kier molecular flexibility index (Phi) is 10.6. The molecule has 0 aromatic carbocycles.